The molecule has 0 radical (unpaired) electrons. The molecule has 1 aromatic carbocycles. The van der Waals surface area contributed by atoms with Gasteiger partial charge in [-0.05, 0) is 31.5 Å². The quantitative estimate of drug-likeness (QED) is 0.457. The summed E-state index contributed by atoms with van der Waals surface area (Å²) in [7, 11) is 1.25. The Morgan fingerprint density at radius 3 is 2.74 bits per heavy atom. The number of ether oxygens (including phenoxy) is 2. The van der Waals surface area contributed by atoms with Gasteiger partial charge in [-0.1, -0.05) is 23.2 Å². The zero-order chi connectivity index (χ0) is 19.8. The third kappa shape index (κ3) is 5.95. The molecule has 0 aliphatic carbocycles. The van der Waals surface area contributed by atoms with Gasteiger partial charge in [-0.3, -0.25) is 4.79 Å². The average molecular weight is 415 g/mol. The minimum absolute atomic E-state index is 0.0405. The van der Waals surface area contributed by atoms with Crippen LogP contribution in [-0.2, 0) is 16.0 Å². The Labute approximate surface area is 167 Å². The van der Waals surface area contributed by atoms with Gasteiger partial charge in [0.05, 0.1) is 24.2 Å². The maximum atomic E-state index is 12.9. The Morgan fingerprint density at radius 2 is 2.07 bits per heavy atom. The molecule has 0 aliphatic heterocycles. The van der Waals surface area contributed by atoms with Crippen molar-refractivity contribution in [2.45, 2.75) is 19.9 Å². The monoisotopic (exact) mass is 414 g/mol. The molecule has 0 spiro atoms. The van der Waals surface area contributed by atoms with Gasteiger partial charge in [-0.15, -0.1) is 0 Å². The van der Waals surface area contributed by atoms with Crippen LogP contribution >= 0.6 is 23.2 Å². The van der Waals surface area contributed by atoms with Crippen molar-refractivity contribution in [3.63, 3.8) is 0 Å². The second-order valence-corrected chi connectivity index (χ2v) is 6.36. The van der Waals surface area contributed by atoms with E-state index in [2.05, 4.69) is 9.72 Å². The van der Waals surface area contributed by atoms with Crippen molar-refractivity contribution in [1.29, 1.82) is 0 Å². The largest absolute Gasteiger partial charge is 0.464 e. The molecule has 7 nitrogen and oxygen atoms in total. The van der Waals surface area contributed by atoms with Crippen molar-refractivity contribution < 1.29 is 23.5 Å². The Bertz CT molecular complexity index is 794. The molecule has 27 heavy (non-hydrogen) atoms. The van der Waals surface area contributed by atoms with Crippen LogP contribution < -0.4 is 0 Å². The highest BCUT2D eigenvalue weighted by atomic mass is 35.5. The van der Waals surface area contributed by atoms with Crippen LogP contribution in [0.4, 0.5) is 0 Å². The summed E-state index contributed by atoms with van der Waals surface area (Å²) in [6, 6.07) is 4.67. The van der Waals surface area contributed by atoms with Crippen molar-refractivity contribution in [2.24, 2.45) is 0 Å². The van der Waals surface area contributed by atoms with E-state index in [1.165, 1.54) is 24.3 Å². The van der Waals surface area contributed by atoms with E-state index in [4.69, 9.17) is 32.4 Å². The molecule has 2 rings (SSSR count). The fourth-order valence-electron chi connectivity index (χ4n) is 2.33. The van der Waals surface area contributed by atoms with Crippen molar-refractivity contribution in [3.8, 4) is 0 Å². The lowest BCUT2D eigenvalue weighted by molar-refractivity contribution is 0.0593. The van der Waals surface area contributed by atoms with Crippen molar-refractivity contribution in [3.05, 3.63) is 51.7 Å². The molecule has 0 saturated carbocycles. The molecule has 0 aliphatic rings. The van der Waals surface area contributed by atoms with Crippen molar-refractivity contribution in [2.75, 3.05) is 26.9 Å². The molecule has 0 bridgehead atoms. The smallest absolute Gasteiger partial charge is 0.360 e. The lowest BCUT2D eigenvalue weighted by atomic mass is 10.2. The normalized spacial score (nSPS) is 10.7. The van der Waals surface area contributed by atoms with Crippen LogP contribution in [0.3, 0.4) is 0 Å². The molecule has 0 saturated heterocycles. The molecular weight excluding hydrogens is 395 g/mol. The number of aromatic nitrogens is 1. The maximum Gasteiger partial charge on any atom is 0.360 e. The number of nitrogens with zero attached hydrogens (tertiary/aromatic N) is 2. The van der Waals surface area contributed by atoms with Crippen LogP contribution in [0.25, 0.3) is 0 Å². The van der Waals surface area contributed by atoms with E-state index in [0.717, 1.165) is 0 Å². The Balaban J connectivity index is 2.18. The van der Waals surface area contributed by atoms with Crippen LogP contribution in [-0.4, -0.2) is 48.6 Å². The Hall–Kier alpha value is -2.09. The number of hydrogen-bond donors (Lipinski definition) is 0. The van der Waals surface area contributed by atoms with E-state index in [9.17, 15) is 9.59 Å². The zero-order valence-corrected chi connectivity index (χ0v) is 16.5. The first-order chi connectivity index (χ1) is 13.0. The first-order valence-corrected chi connectivity index (χ1v) is 9.06. The first-order valence-electron chi connectivity index (χ1n) is 8.31. The first kappa shape index (κ1) is 21.2. The van der Waals surface area contributed by atoms with Crippen LogP contribution in [0.1, 0.15) is 40.1 Å². The van der Waals surface area contributed by atoms with Gasteiger partial charge < -0.3 is 18.8 Å². The predicted molar refractivity (Wildman–Crippen MR) is 100 cm³/mol. The van der Waals surface area contributed by atoms with Gasteiger partial charge in [0.25, 0.3) is 5.91 Å². The minimum Gasteiger partial charge on any atom is -0.464 e. The summed E-state index contributed by atoms with van der Waals surface area (Å²) in [5.41, 5.74) is 0.357. The van der Waals surface area contributed by atoms with Crippen molar-refractivity contribution in [1.82, 2.24) is 9.88 Å². The summed E-state index contributed by atoms with van der Waals surface area (Å²) in [5, 5.41) is 0.694. The number of methoxy groups -OCH3 is 1. The number of benzene rings is 1. The van der Waals surface area contributed by atoms with Crippen LogP contribution in [0.2, 0.25) is 10.0 Å². The molecule has 0 fully saturated rings. The maximum absolute atomic E-state index is 12.9. The summed E-state index contributed by atoms with van der Waals surface area (Å²) in [6.45, 7) is 3.47. The highest BCUT2D eigenvalue weighted by molar-refractivity contribution is 6.36. The molecule has 0 atom stereocenters. The Kier molecular flexibility index (Phi) is 8.09. The summed E-state index contributed by atoms with van der Waals surface area (Å²) in [6.07, 6.45) is 1.81. The summed E-state index contributed by atoms with van der Waals surface area (Å²) < 4.78 is 15.2. The number of halogens is 2. The van der Waals surface area contributed by atoms with Crippen LogP contribution in [0.15, 0.2) is 28.9 Å². The molecule has 1 aromatic heterocycles. The number of hydrogen-bond acceptors (Lipinski definition) is 6. The third-order valence-electron chi connectivity index (χ3n) is 3.64. The Morgan fingerprint density at radius 1 is 1.30 bits per heavy atom. The molecule has 146 valence electrons. The van der Waals surface area contributed by atoms with E-state index in [1.807, 2.05) is 6.92 Å². The number of esters is 1. The predicted octanol–water partition coefficient (Wildman–Crippen LogP) is 3.84. The highest BCUT2D eigenvalue weighted by Gasteiger charge is 2.22. The molecule has 0 N–H and O–H groups in total. The number of amides is 1. The average Bonchev–Trinajstić information content (AvgIpc) is 3.11. The molecular formula is C18H20Cl2N2O5. The molecule has 2 aromatic rings. The lowest BCUT2D eigenvalue weighted by Crippen LogP contribution is -2.32. The SMILES string of the molecule is CCOCCCN(Cc1nc(C(=O)OC)co1)C(=O)c1ccc(Cl)cc1Cl. The number of rotatable bonds is 9. The zero-order valence-electron chi connectivity index (χ0n) is 15.0. The van der Waals surface area contributed by atoms with Crippen LogP contribution in [0.5, 0.6) is 0 Å². The van der Waals surface area contributed by atoms with E-state index in [1.54, 1.807) is 12.1 Å². The summed E-state index contributed by atoms with van der Waals surface area (Å²) in [5.74, 6) is -0.698. The molecule has 1 amide bonds. The number of carbonyl (C=O) groups excluding carboxylic acids is 2. The third-order valence-corrected chi connectivity index (χ3v) is 4.19. The minimum atomic E-state index is -0.611. The fourth-order valence-corrected chi connectivity index (χ4v) is 2.82. The molecule has 1 heterocycles. The number of carbonyl (C=O) groups is 2. The van der Waals surface area contributed by atoms with Crippen LogP contribution in [0, 0.1) is 0 Å². The van der Waals surface area contributed by atoms with Gasteiger partial charge in [-0.25, -0.2) is 9.78 Å². The van der Waals surface area contributed by atoms with E-state index in [0.29, 0.717) is 36.8 Å². The lowest BCUT2D eigenvalue weighted by Gasteiger charge is -2.22. The number of oxazole rings is 1. The summed E-state index contributed by atoms with van der Waals surface area (Å²) in [4.78, 5) is 30.0. The topological polar surface area (TPSA) is 81.9 Å². The second-order valence-electron chi connectivity index (χ2n) is 5.52. The molecule has 9 heteroatoms. The van der Waals surface area contributed by atoms with Gasteiger partial charge >= 0.3 is 5.97 Å². The van der Waals surface area contributed by atoms with Gasteiger partial charge in [0.1, 0.15) is 6.26 Å². The summed E-state index contributed by atoms with van der Waals surface area (Å²) >= 11 is 12.1. The van der Waals surface area contributed by atoms with Gasteiger partial charge in [0, 0.05) is 24.8 Å². The second kappa shape index (κ2) is 10.3. The molecule has 0 unspecified atom stereocenters. The van der Waals surface area contributed by atoms with Gasteiger partial charge in [-0.2, -0.15) is 0 Å². The fraction of sp³-hybridized carbons (Fsp3) is 0.389. The van der Waals surface area contributed by atoms with E-state index < -0.39 is 5.97 Å². The standard InChI is InChI=1S/C18H20Cl2N2O5/c1-3-26-8-4-7-22(10-16-21-15(11-27-16)18(24)25-2)17(23)13-6-5-12(19)9-14(13)20/h5-6,9,11H,3-4,7-8,10H2,1-2H3. The van der Waals surface area contributed by atoms with Gasteiger partial charge in [0.15, 0.2) is 5.69 Å². The van der Waals surface area contributed by atoms with E-state index >= 15 is 0 Å². The van der Waals surface area contributed by atoms with Crippen molar-refractivity contribution >= 4 is 35.1 Å². The van der Waals surface area contributed by atoms with Gasteiger partial charge in [0.2, 0.25) is 5.89 Å². The van der Waals surface area contributed by atoms with E-state index in [-0.39, 0.29) is 29.1 Å². The highest BCUT2D eigenvalue weighted by Crippen LogP contribution is 2.23.